The maximum atomic E-state index is 6.38. The molecule has 0 saturated carbocycles. The van der Waals surface area contributed by atoms with E-state index < -0.39 is 0 Å². The molecule has 2 aromatic rings. The molecule has 110 valence electrons. The number of aromatic nitrogens is 4. The van der Waals surface area contributed by atoms with Gasteiger partial charge in [-0.25, -0.2) is 0 Å². The number of nitrogens with zero attached hydrogens (tertiary/aromatic N) is 4. The molecule has 0 amide bonds. The number of hydrazine groups is 1. The third kappa shape index (κ3) is 2.72. The zero-order valence-electron chi connectivity index (χ0n) is 12.3. The number of rotatable bonds is 5. The molecule has 7 heteroatoms. The third-order valence-corrected chi connectivity index (χ3v) is 4.03. The predicted molar refractivity (Wildman–Crippen MR) is 79.3 cm³/mol. The minimum atomic E-state index is -0.0903. The van der Waals surface area contributed by atoms with Crippen molar-refractivity contribution in [3.63, 3.8) is 0 Å². The van der Waals surface area contributed by atoms with Gasteiger partial charge in [0, 0.05) is 26.2 Å². The smallest absolute Gasteiger partial charge is 0.0850 e. The van der Waals surface area contributed by atoms with Crippen LogP contribution in [-0.2, 0) is 26.9 Å². The van der Waals surface area contributed by atoms with Crippen LogP contribution in [0.3, 0.4) is 0 Å². The number of nitrogens with one attached hydrogen (secondary N) is 1. The van der Waals surface area contributed by atoms with Gasteiger partial charge in [0.1, 0.15) is 0 Å². The Morgan fingerprint density at radius 3 is 2.50 bits per heavy atom. The zero-order valence-corrected chi connectivity index (χ0v) is 13.1. The third-order valence-electron chi connectivity index (χ3n) is 3.59. The maximum absolute atomic E-state index is 6.38. The molecule has 1 atom stereocenters. The van der Waals surface area contributed by atoms with Gasteiger partial charge < -0.3 is 0 Å². The highest BCUT2D eigenvalue weighted by Gasteiger charge is 2.20. The summed E-state index contributed by atoms with van der Waals surface area (Å²) in [6, 6.07) is 1.93. The fourth-order valence-electron chi connectivity index (χ4n) is 2.24. The average Bonchev–Trinajstić information content (AvgIpc) is 2.88. The van der Waals surface area contributed by atoms with Crippen LogP contribution in [0, 0.1) is 6.92 Å². The molecule has 0 saturated heterocycles. The van der Waals surface area contributed by atoms with E-state index in [-0.39, 0.29) is 6.04 Å². The summed E-state index contributed by atoms with van der Waals surface area (Å²) in [6.45, 7) is 4.05. The molecule has 0 spiro atoms. The first-order valence-electron chi connectivity index (χ1n) is 6.64. The Morgan fingerprint density at radius 2 is 2.05 bits per heavy atom. The van der Waals surface area contributed by atoms with E-state index in [0.29, 0.717) is 6.42 Å². The van der Waals surface area contributed by atoms with E-state index in [1.807, 2.05) is 43.4 Å². The fourth-order valence-corrected chi connectivity index (χ4v) is 2.61. The van der Waals surface area contributed by atoms with Crippen LogP contribution in [0.5, 0.6) is 0 Å². The van der Waals surface area contributed by atoms with Gasteiger partial charge in [0.15, 0.2) is 0 Å². The van der Waals surface area contributed by atoms with Crippen LogP contribution in [0.25, 0.3) is 0 Å². The molecule has 0 aliphatic heterocycles. The Bertz CT molecular complexity index is 581. The van der Waals surface area contributed by atoms with Gasteiger partial charge in [0.25, 0.3) is 0 Å². The molecule has 0 aliphatic rings. The molecular weight excluding hydrogens is 276 g/mol. The molecule has 0 aliphatic carbocycles. The van der Waals surface area contributed by atoms with E-state index in [4.69, 9.17) is 17.4 Å². The Kier molecular flexibility index (Phi) is 4.47. The van der Waals surface area contributed by atoms with E-state index in [1.165, 1.54) is 0 Å². The molecule has 3 N–H and O–H groups in total. The quantitative estimate of drug-likeness (QED) is 0.646. The first kappa shape index (κ1) is 15.0. The van der Waals surface area contributed by atoms with Gasteiger partial charge in [0.2, 0.25) is 0 Å². The molecule has 1 unspecified atom stereocenters. The number of hydrogen-bond acceptors (Lipinski definition) is 4. The van der Waals surface area contributed by atoms with E-state index in [1.54, 1.807) is 0 Å². The fraction of sp³-hybridized carbons (Fsp3) is 0.538. The predicted octanol–water partition coefficient (Wildman–Crippen LogP) is 1.42. The second kappa shape index (κ2) is 5.95. The van der Waals surface area contributed by atoms with E-state index >= 15 is 0 Å². The molecule has 0 fully saturated rings. The summed E-state index contributed by atoms with van der Waals surface area (Å²) < 4.78 is 3.66. The summed E-state index contributed by atoms with van der Waals surface area (Å²) in [7, 11) is 3.82. The lowest BCUT2D eigenvalue weighted by Crippen LogP contribution is -2.30. The molecule has 2 rings (SSSR count). The minimum absolute atomic E-state index is 0.0903. The van der Waals surface area contributed by atoms with Crippen LogP contribution < -0.4 is 11.3 Å². The van der Waals surface area contributed by atoms with Gasteiger partial charge in [-0.1, -0.05) is 18.5 Å². The van der Waals surface area contributed by atoms with Crippen molar-refractivity contribution in [3.05, 3.63) is 33.9 Å². The lowest BCUT2D eigenvalue weighted by atomic mass is 10.1. The van der Waals surface area contributed by atoms with Gasteiger partial charge in [-0.15, -0.1) is 0 Å². The second-order valence-corrected chi connectivity index (χ2v) is 5.32. The van der Waals surface area contributed by atoms with Gasteiger partial charge in [-0.05, 0) is 19.4 Å². The molecule has 20 heavy (non-hydrogen) atoms. The monoisotopic (exact) mass is 296 g/mol. The minimum Gasteiger partial charge on any atom is -0.273 e. The van der Waals surface area contributed by atoms with Crippen molar-refractivity contribution in [2.24, 2.45) is 19.9 Å². The van der Waals surface area contributed by atoms with Crippen LogP contribution in [0.2, 0.25) is 5.02 Å². The molecular formula is C13H21ClN6. The van der Waals surface area contributed by atoms with Crippen molar-refractivity contribution >= 4 is 11.6 Å². The van der Waals surface area contributed by atoms with E-state index in [9.17, 15) is 0 Å². The Hall–Kier alpha value is -1.37. The normalized spacial score (nSPS) is 12.9. The highest BCUT2D eigenvalue weighted by Crippen LogP contribution is 2.25. The van der Waals surface area contributed by atoms with Crippen molar-refractivity contribution in [3.8, 4) is 0 Å². The number of nitrogens with two attached hydrogens (primary N) is 1. The summed E-state index contributed by atoms with van der Waals surface area (Å²) in [5, 5.41) is 9.61. The topological polar surface area (TPSA) is 73.7 Å². The van der Waals surface area contributed by atoms with E-state index in [0.717, 1.165) is 34.2 Å². The molecule has 0 aromatic carbocycles. The molecule has 2 aromatic heterocycles. The lowest BCUT2D eigenvalue weighted by molar-refractivity contribution is 0.511. The first-order valence-corrected chi connectivity index (χ1v) is 7.02. The van der Waals surface area contributed by atoms with Gasteiger partial charge in [0.05, 0.1) is 28.1 Å². The van der Waals surface area contributed by atoms with Gasteiger partial charge >= 0.3 is 0 Å². The molecule has 2 heterocycles. The first-order chi connectivity index (χ1) is 9.47. The molecule has 0 bridgehead atoms. The van der Waals surface area contributed by atoms with Crippen LogP contribution >= 0.6 is 11.6 Å². The van der Waals surface area contributed by atoms with E-state index in [2.05, 4.69) is 15.6 Å². The van der Waals surface area contributed by atoms with Crippen molar-refractivity contribution in [2.45, 2.75) is 32.7 Å². The van der Waals surface area contributed by atoms with Crippen LogP contribution in [0.1, 0.15) is 35.7 Å². The van der Waals surface area contributed by atoms with Crippen molar-refractivity contribution < 1.29 is 0 Å². The number of aryl methyl sites for hydroxylation is 4. The zero-order chi connectivity index (χ0) is 14.9. The average molecular weight is 297 g/mol. The molecule has 0 radical (unpaired) electrons. The van der Waals surface area contributed by atoms with Gasteiger partial charge in [-0.2, -0.15) is 10.2 Å². The van der Waals surface area contributed by atoms with Crippen LogP contribution in [0.15, 0.2) is 6.07 Å². The summed E-state index contributed by atoms with van der Waals surface area (Å²) in [4.78, 5) is 0. The highest BCUT2D eigenvalue weighted by molar-refractivity contribution is 6.31. The van der Waals surface area contributed by atoms with Crippen LogP contribution in [0.4, 0.5) is 0 Å². The largest absolute Gasteiger partial charge is 0.273 e. The Labute approximate surface area is 123 Å². The Morgan fingerprint density at radius 1 is 1.35 bits per heavy atom. The summed E-state index contributed by atoms with van der Waals surface area (Å²) in [5.74, 6) is 5.68. The second-order valence-electron chi connectivity index (χ2n) is 4.94. The number of halogens is 1. The van der Waals surface area contributed by atoms with Crippen molar-refractivity contribution in [1.82, 2.24) is 25.0 Å². The van der Waals surface area contributed by atoms with Crippen molar-refractivity contribution in [1.29, 1.82) is 0 Å². The van der Waals surface area contributed by atoms with Crippen molar-refractivity contribution in [2.75, 3.05) is 0 Å². The molecule has 6 nitrogen and oxygen atoms in total. The summed E-state index contributed by atoms with van der Waals surface area (Å²) in [6.07, 6.45) is 1.46. The standard InChI is InChI=1S/C13H21ClN6/c1-5-9-13(14)12(20(4)17-9)7-10(16-15)11-6-8(2)19(3)18-11/h6,10,16H,5,7,15H2,1-4H3. The maximum Gasteiger partial charge on any atom is 0.0850 e. The SMILES string of the molecule is CCc1nn(C)c(CC(NN)c2cc(C)n(C)n2)c1Cl. The summed E-state index contributed by atoms with van der Waals surface area (Å²) in [5.41, 5.74) is 6.69. The number of hydrogen-bond donors (Lipinski definition) is 2. The summed E-state index contributed by atoms with van der Waals surface area (Å²) >= 11 is 6.38. The highest BCUT2D eigenvalue weighted by atomic mass is 35.5. The van der Waals surface area contributed by atoms with Crippen LogP contribution in [-0.4, -0.2) is 19.6 Å². The van der Waals surface area contributed by atoms with Gasteiger partial charge in [-0.3, -0.25) is 20.6 Å². The lowest BCUT2D eigenvalue weighted by Gasteiger charge is -2.13. The Balaban J connectivity index is 2.29.